The molecule has 0 unspecified atom stereocenters. The molecule has 0 aromatic carbocycles. The molecule has 0 aliphatic heterocycles. The minimum absolute atomic E-state index is 1.15. The third kappa shape index (κ3) is 15.3. The van der Waals surface area contributed by atoms with Crippen LogP contribution in [0.15, 0.2) is 0 Å². The van der Waals surface area contributed by atoms with E-state index in [-0.39, 0.29) is 0 Å². The van der Waals surface area contributed by atoms with Crippen molar-refractivity contribution in [2.24, 2.45) is 0 Å². The second kappa shape index (κ2) is 12.4. The summed E-state index contributed by atoms with van der Waals surface area (Å²) in [6, 6.07) is 2.30. The molecule has 0 rings (SSSR count). The first-order chi connectivity index (χ1) is 12.2. The quantitative estimate of drug-likeness (QED) is 0.176. The normalized spacial score (nSPS) is 14.0. The molecular weight excluding hydrogens is 401 g/mol. The zero-order valence-electron chi connectivity index (χ0n) is 20.3. The molecule has 0 amide bonds. The Morgan fingerprint density at radius 3 is 1.22 bits per heavy atom. The number of unbranched alkanes of at least 4 members (excludes halogenated alkanes) is 6. The average Bonchev–Trinajstić information content (AvgIpc) is 2.43. The van der Waals surface area contributed by atoms with Gasteiger partial charge < -0.3 is 12.3 Å². The van der Waals surface area contributed by atoms with E-state index in [0.717, 1.165) is 12.1 Å². The van der Waals surface area contributed by atoms with Crippen molar-refractivity contribution in [3.8, 4) is 0 Å². The third-order valence-corrected chi connectivity index (χ3v) is 18.3. The molecule has 0 saturated heterocycles. The van der Waals surface area contributed by atoms with Crippen molar-refractivity contribution in [3.05, 3.63) is 0 Å². The van der Waals surface area contributed by atoms with Crippen molar-refractivity contribution in [2.75, 3.05) is 0 Å². The van der Waals surface area contributed by atoms with Crippen LogP contribution in [0, 0.1) is 0 Å². The number of hydrogen-bond acceptors (Lipinski definition) is 3. The smallest absolute Gasteiger partial charge is 0.319 e. The van der Waals surface area contributed by atoms with Crippen LogP contribution in [-0.4, -0.2) is 33.8 Å². The highest BCUT2D eigenvalue weighted by molar-refractivity contribution is 6.89. The molecule has 7 heteroatoms. The highest BCUT2D eigenvalue weighted by Crippen LogP contribution is 2.33. The molecule has 0 spiro atoms. The molecule has 0 aromatic rings. The maximum absolute atomic E-state index is 7.04. The first-order valence-corrected chi connectivity index (χ1v) is 23.2. The third-order valence-electron chi connectivity index (χ3n) is 4.30. The van der Waals surface area contributed by atoms with E-state index in [2.05, 4.69) is 66.2 Å². The van der Waals surface area contributed by atoms with Gasteiger partial charge in [0.05, 0.1) is 0 Å². The summed E-state index contributed by atoms with van der Waals surface area (Å²) in [7, 11) is -7.73. The van der Waals surface area contributed by atoms with E-state index in [1.54, 1.807) is 0 Å². The molecule has 0 saturated carbocycles. The number of hydrogen-bond donors (Lipinski definition) is 0. The van der Waals surface area contributed by atoms with Gasteiger partial charge in [-0.05, 0) is 64.5 Å². The summed E-state index contributed by atoms with van der Waals surface area (Å²) in [5.74, 6) is 0. The summed E-state index contributed by atoms with van der Waals surface area (Å²) in [4.78, 5) is 0. The van der Waals surface area contributed by atoms with Gasteiger partial charge in [-0.25, -0.2) is 0 Å². The predicted molar refractivity (Wildman–Crippen MR) is 131 cm³/mol. The van der Waals surface area contributed by atoms with Gasteiger partial charge in [-0.15, -0.1) is 0 Å². The second-order valence-corrected chi connectivity index (χ2v) is 27.0. The van der Waals surface area contributed by atoms with Crippen LogP contribution in [0.25, 0.3) is 0 Å². The molecule has 0 atom stereocenters. The molecule has 0 bridgehead atoms. The van der Waals surface area contributed by atoms with Crippen molar-refractivity contribution < 1.29 is 12.3 Å². The maximum atomic E-state index is 7.04. The average molecular weight is 451 g/mol. The Morgan fingerprint density at radius 1 is 0.481 bits per heavy atom. The fraction of sp³-hybridized carbons (Fsp3) is 1.00. The molecule has 0 radical (unpaired) electrons. The summed E-state index contributed by atoms with van der Waals surface area (Å²) in [6.07, 6.45) is 10.3. The molecule has 0 fully saturated rings. The van der Waals surface area contributed by atoms with E-state index >= 15 is 0 Å². The van der Waals surface area contributed by atoms with Crippen LogP contribution in [0.3, 0.4) is 0 Å². The molecule has 164 valence electrons. The van der Waals surface area contributed by atoms with Gasteiger partial charge in [-0.2, -0.15) is 0 Å². The summed E-state index contributed by atoms with van der Waals surface area (Å²) >= 11 is 0. The largest absolute Gasteiger partial charge is 0.437 e. The summed E-state index contributed by atoms with van der Waals surface area (Å²) in [6.45, 7) is 22.9. The Kier molecular flexibility index (Phi) is 12.8. The highest BCUT2D eigenvalue weighted by atomic mass is 28.5. The molecule has 0 aliphatic carbocycles. The molecule has 27 heavy (non-hydrogen) atoms. The van der Waals surface area contributed by atoms with Gasteiger partial charge in [-0.3, -0.25) is 0 Å². The molecule has 0 aliphatic rings. The van der Waals surface area contributed by atoms with E-state index in [9.17, 15) is 0 Å². The number of rotatable bonds is 16. The minimum atomic E-state index is -2.25. The molecule has 3 nitrogen and oxygen atoms in total. The van der Waals surface area contributed by atoms with Gasteiger partial charge in [-0.1, -0.05) is 65.2 Å². The lowest BCUT2D eigenvalue weighted by Crippen LogP contribution is -2.58. The Bertz CT molecular complexity index is 378. The molecular formula is C20H50O3Si4. The zero-order chi connectivity index (χ0) is 21.2. The fourth-order valence-corrected chi connectivity index (χ4v) is 22.2. The van der Waals surface area contributed by atoms with Crippen LogP contribution in [0.5, 0.6) is 0 Å². The van der Waals surface area contributed by atoms with E-state index in [4.69, 9.17) is 12.3 Å². The zero-order valence-corrected chi connectivity index (χ0v) is 24.3. The van der Waals surface area contributed by atoms with Gasteiger partial charge in [0.15, 0.2) is 16.6 Å². The Morgan fingerprint density at radius 2 is 0.889 bits per heavy atom. The first kappa shape index (κ1) is 27.7. The van der Waals surface area contributed by atoms with Crippen molar-refractivity contribution in [2.45, 2.75) is 130 Å². The van der Waals surface area contributed by atoms with Gasteiger partial charge in [0, 0.05) is 0 Å². The minimum Gasteiger partial charge on any atom is -0.437 e. The summed E-state index contributed by atoms with van der Waals surface area (Å²) in [5.41, 5.74) is 0. The van der Waals surface area contributed by atoms with Gasteiger partial charge in [0.25, 0.3) is 0 Å². The van der Waals surface area contributed by atoms with Gasteiger partial charge in [0.1, 0.15) is 0 Å². The van der Waals surface area contributed by atoms with E-state index in [1.165, 1.54) is 51.4 Å². The van der Waals surface area contributed by atoms with Crippen molar-refractivity contribution >= 4 is 33.8 Å². The predicted octanol–water partition coefficient (Wildman–Crippen LogP) is 8.01. The van der Waals surface area contributed by atoms with Crippen molar-refractivity contribution in [1.29, 1.82) is 0 Å². The maximum Gasteiger partial charge on any atom is 0.319 e. The lowest BCUT2D eigenvalue weighted by molar-refractivity contribution is 0.312. The molecule has 0 N–H and O–H groups in total. The van der Waals surface area contributed by atoms with E-state index in [0.29, 0.717) is 0 Å². The molecule has 0 aromatic heterocycles. The highest BCUT2D eigenvalue weighted by Gasteiger charge is 2.46. The van der Waals surface area contributed by atoms with E-state index in [1.807, 2.05) is 0 Å². The van der Waals surface area contributed by atoms with Crippen LogP contribution in [-0.2, 0) is 12.3 Å². The summed E-state index contributed by atoms with van der Waals surface area (Å²) < 4.78 is 20.6. The van der Waals surface area contributed by atoms with Crippen molar-refractivity contribution in [3.63, 3.8) is 0 Å². The second-order valence-electron chi connectivity index (χ2n) is 10.5. The van der Waals surface area contributed by atoms with Crippen LogP contribution >= 0.6 is 0 Å². The first-order valence-electron chi connectivity index (χ1n) is 11.3. The van der Waals surface area contributed by atoms with Gasteiger partial charge in [0.2, 0.25) is 0 Å². The van der Waals surface area contributed by atoms with Crippen LogP contribution in [0.4, 0.5) is 0 Å². The molecule has 0 heterocycles. The fourth-order valence-electron chi connectivity index (χ4n) is 3.76. The Hall–Kier alpha value is 0.748. The van der Waals surface area contributed by atoms with Crippen LogP contribution < -0.4 is 0 Å². The van der Waals surface area contributed by atoms with Crippen LogP contribution in [0.2, 0.25) is 64.5 Å². The Labute approximate surface area is 175 Å². The lowest BCUT2D eigenvalue weighted by Gasteiger charge is -2.43. The lowest BCUT2D eigenvalue weighted by atomic mass is 10.2. The van der Waals surface area contributed by atoms with Crippen molar-refractivity contribution in [1.82, 2.24) is 0 Å². The Balaban J connectivity index is 5.43. The standard InChI is InChI=1S/C20H50O3Si4/c1-11-13-15-17-19-27(22-25(6,7)8,20-18-16-14-12-2)23-26(9,10)21-24(3,4)5/h11-20H2,1-10H3. The van der Waals surface area contributed by atoms with Crippen LogP contribution in [0.1, 0.15) is 65.2 Å². The SMILES string of the molecule is CCCCCC[Si](CCCCCC)(O[Si](C)(C)C)O[Si](C)(C)O[Si](C)(C)C. The summed E-state index contributed by atoms with van der Waals surface area (Å²) in [5, 5.41) is 0. The topological polar surface area (TPSA) is 27.7 Å². The van der Waals surface area contributed by atoms with Gasteiger partial charge >= 0.3 is 17.1 Å². The van der Waals surface area contributed by atoms with E-state index < -0.39 is 33.8 Å². The monoisotopic (exact) mass is 450 g/mol.